The molecule has 0 aliphatic carbocycles. The maximum Gasteiger partial charge on any atom is 0.234 e. The van der Waals surface area contributed by atoms with Crippen molar-refractivity contribution in [2.75, 3.05) is 33.4 Å². The summed E-state index contributed by atoms with van der Waals surface area (Å²) < 4.78 is 11.1. The lowest BCUT2D eigenvalue weighted by Crippen LogP contribution is -2.28. The minimum Gasteiger partial charge on any atom is -0.493 e. The average molecular weight is 319 g/mol. The van der Waals surface area contributed by atoms with Crippen molar-refractivity contribution in [1.29, 1.82) is 5.26 Å². The number of nitrogens with zero attached hydrogens (tertiary/aromatic N) is 2. The van der Waals surface area contributed by atoms with Gasteiger partial charge in [0.25, 0.3) is 0 Å². The molecule has 0 heterocycles. The Balaban J connectivity index is 2.58. The van der Waals surface area contributed by atoms with Crippen molar-refractivity contribution in [2.24, 2.45) is 0 Å². The number of nitrogens with one attached hydrogen (secondary N) is 1. The lowest BCUT2D eigenvalue weighted by atomic mass is 10.2. The Morgan fingerprint density at radius 3 is 2.65 bits per heavy atom. The Labute approximate surface area is 138 Å². The van der Waals surface area contributed by atoms with Gasteiger partial charge in [-0.2, -0.15) is 5.26 Å². The summed E-state index contributed by atoms with van der Waals surface area (Å²) >= 11 is 0. The van der Waals surface area contributed by atoms with Crippen molar-refractivity contribution < 1.29 is 14.3 Å². The van der Waals surface area contributed by atoms with E-state index in [0.717, 1.165) is 25.2 Å². The predicted molar refractivity (Wildman–Crippen MR) is 88.4 cm³/mol. The Hall–Kier alpha value is -2.26. The highest BCUT2D eigenvalue weighted by Crippen LogP contribution is 2.28. The third-order valence-electron chi connectivity index (χ3n) is 3.52. The number of ether oxygens (including phenoxy) is 2. The van der Waals surface area contributed by atoms with Crippen LogP contribution in [-0.2, 0) is 11.3 Å². The lowest BCUT2D eigenvalue weighted by Gasteiger charge is -2.19. The minimum atomic E-state index is -0.286. The van der Waals surface area contributed by atoms with Gasteiger partial charge in [0.15, 0.2) is 11.5 Å². The zero-order valence-corrected chi connectivity index (χ0v) is 14.1. The van der Waals surface area contributed by atoms with Crippen LogP contribution in [0.2, 0.25) is 0 Å². The maximum atomic E-state index is 11.3. The molecule has 1 amide bonds. The fourth-order valence-corrected chi connectivity index (χ4v) is 2.10. The van der Waals surface area contributed by atoms with Crippen molar-refractivity contribution in [1.82, 2.24) is 10.2 Å². The highest BCUT2D eigenvalue weighted by Gasteiger charge is 2.08. The van der Waals surface area contributed by atoms with Crippen LogP contribution in [0.3, 0.4) is 0 Å². The van der Waals surface area contributed by atoms with Crippen LogP contribution in [0.1, 0.15) is 25.8 Å². The molecule has 0 fully saturated rings. The number of hydrogen-bond donors (Lipinski definition) is 1. The molecule has 1 aromatic carbocycles. The van der Waals surface area contributed by atoms with Gasteiger partial charge in [0.05, 0.1) is 13.2 Å². The van der Waals surface area contributed by atoms with Crippen LogP contribution < -0.4 is 14.8 Å². The van der Waals surface area contributed by atoms with Gasteiger partial charge in [0.1, 0.15) is 13.0 Å². The van der Waals surface area contributed by atoms with E-state index in [1.54, 1.807) is 7.11 Å². The molecule has 1 N–H and O–H groups in total. The van der Waals surface area contributed by atoms with Gasteiger partial charge in [0, 0.05) is 13.1 Å². The first-order chi connectivity index (χ1) is 11.1. The molecule has 0 saturated heterocycles. The molecule has 126 valence electrons. The van der Waals surface area contributed by atoms with Crippen molar-refractivity contribution in [2.45, 2.75) is 26.8 Å². The third-order valence-corrected chi connectivity index (χ3v) is 3.52. The smallest absolute Gasteiger partial charge is 0.234 e. The van der Waals surface area contributed by atoms with E-state index in [0.29, 0.717) is 24.7 Å². The zero-order chi connectivity index (χ0) is 17.1. The standard InChI is InChI=1S/C17H25N3O3/c1-4-20(5-2)10-11-23-15-7-6-14(12-16(15)22-3)13-19-17(21)8-9-18/h6-7,12H,4-5,8,10-11,13H2,1-3H3,(H,19,21). The molecule has 0 aromatic heterocycles. The molecule has 0 unspecified atom stereocenters. The predicted octanol–water partition coefficient (Wildman–Crippen LogP) is 1.95. The first kappa shape index (κ1) is 18.8. The van der Waals surface area contributed by atoms with Crippen LogP contribution in [-0.4, -0.2) is 44.2 Å². The largest absolute Gasteiger partial charge is 0.493 e. The first-order valence-corrected chi connectivity index (χ1v) is 7.80. The number of likely N-dealkylation sites (N-methyl/N-ethyl adjacent to an activating group) is 1. The molecule has 0 atom stereocenters. The minimum absolute atomic E-state index is 0.135. The van der Waals surface area contributed by atoms with Gasteiger partial charge in [-0.1, -0.05) is 19.9 Å². The van der Waals surface area contributed by atoms with Gasteiger partial charge in [-0.05, 0) is 30.8 Å². The fraction of sp³-hybridized carbons (Fsp3) is 0.529. The summed E-state index contributed by atoms with van der Waals surface area (Å²) in [6.45, 7) is 8.06. The Morgan fingerprint density at radius 2 is 2.04 bits per heavy atom. The van der Waals surface area contributed by atoms with Crippen molar-refractivity contribution in [3.8, 4) is 17.6 Å². The lowest BCUT2D eigenvalue weighted by molar-refractivity contribution is -0.120. The number of rotatable bonds is 10. The molecule has 0 aliphatic rings. The van der Waals surface area contributed by atoms with Crippen LogP contribution >= 0.6 is 0 Å². The number of benzene rings is 1. The summed E-state index contributed by atoms with van der Waals surface area (Å²) in [6, 6.07) is 7.37. The molecular formula is C17H25N3O3. The SMILES string of the molecule is CCN(CC)CCOc1ccc(CNC(=O)CC#N)cc1OC. The van der Waals surface area contributed by atoms with Gasteiger partial charge in [-0.3, -0.25) is 4.79 Å². The Morgan fingerprint density at radius 1 is 1.30 bits per heavy atom. The monoisotopic (exact) mass is 319 g/mol. The molecule has 1 aromatic rings. The number of carbonyl (C=O) groups excluding carboxylic acids is 1. The van der Waals surface area contributed by atoms with Crippen LogP contribution in [0.15, 0.2) is 18.2 Å². The molecule has 0 radical (unpaired) electrons. The molecule has 0 spiro atoms. The van der Waals surface area contributed by atoms with Gasteiger partial charge >= 0.3 is 0 Å². The quantitative estimate of drug-likeness (QED) is 0.713. The van der Waals surface area contributed by atoms with Gasteiger partial charge in [-0.15, -0.1) is 0 Å². The van der Waals surface area contributed by atoms with E-state index in [4.69, 9.17) is 14.7 Å². The number of carbonyl (C=O) groups is 1. The summed E-state index contributed by atoms with van der Waals surface area (Å²) in [5.41, 5.74) is 0.893. The van der Waals surface area contributed by atoms with E-state index < -0.39 is 0 Å². The molecule has 0 aliphatic heterocycles. The summed E-state index contributed by atoms with van der Waals surface area (Å²) in [7, 11) is 1.59. The molecule has 6 heteroatoms. The van der Waals surface area contributed by atoms with E-state index in [-0.39, 0.29) is 12.3 Å². The molecular weight excluding hydrogens is 294 g/mol. The van der Waals surface area contributed by atoms with Crippen LogP contribution in [0.5, 0.6) is 11.5 Å². The second-order valence-corrected chi connectivity index (χ2v) is 4.97. The van der Waals surface area contributed by atoms with E-state index in [1.807, 2.05) is 24.3 Å². The Bertz CT molecular complexity index is 536. The average Bonchev–Trinajstić information content (AvgIpc) is 2.57. The van der Waals surface area contributed by atoms with Crippen molar-refractivity contribution in [3.63, 3.8) is 0 Å². The van der Waals surface area contributed by atoms with Gasteiger partial charge in [-0.25, -0.2) is 0 Å². The van der Waals surface area contributed by atoms with E-state index >= 15 is 0 Å². The van der Waals surface area contributed by atoms with Crippen molar-refractivity contribution >= 4 is 5.91 Å². The maximum absolute atomic E-state index is 11.3. The number of methoxy groups -OCH3 is 1. The number of nitriles is 1. The fourth-order valence-electron chi connectivity index (χ4n) is 2.10. The zero-order valence-electron chi connectivity index (χ0n) is 14.1. The first-order valence-electron chi connectivity index (χ1n) is 7.80. The second-order valence-electron chi connectivity index (χ2n) is 4.97. The topological polar surface area (TPSA) is 74.6 Å². The van der Waals surface area contributed by atoms with Crippen LogP contribution in [0.4, 0.5) is 0 Å². The third kappa shape index (κ3) is 6.57. The molecule has 23 heavy (non-hydrogen) atoms. The molecule has 0 bridgehead atoms. The van der Waals surface area contributed by atoms with Crippen LogP contribution in [0.25, 0.3) is 0 Å². The number of hydrogen-bond acceptors (Lipinski definition) is 5. The van der Waals surface area contributed by atoms with E-state index in [9.17, 15) is 4.79 Å². The van der Waals surface area contributed by atoms with Gasteiger partial charge in [0.2, 0.25) is 5.91 Å². The highest BCUT2D eigenvalue weighted by molar-refractivity contribution is 5.77. The molecule has 0 saturated carbocycles. The van der Waals surface area contributed by atoms with Crippen molar-refractivity contribution in [3.05, 3.63) is 23.8 Å². The molecule has 1 rings (SSSR count). The summed E-state index contributed by atoms with van der Waals surface area (Å²) in [4.78, 5) is 13.6. The molecule has 6 nitrogen and oxygen atoms in total. The summed E-state index contributed by atoms with van der Waals surface area (Å²) in [5, 5.41) is 11.1. The second kappa shape index (κ2) is 10.5. The van der Waals surface area contributed by atoms with E-state index in [1.165, 1.54) is 0 Å². The highest BCUT2D eigenvalue weighted by atomic mass is 16.5. The Kier molecular flexibility index (Phi) is 8.55. The van der Waals surface area contributed by atoms with E-state index in [2.05, 4.69) is 24.1 Å². The summed E-state index contributed by atoms with van der Waals surface area (Å²) in [6.07, 6.45) is -0.135. The van der Waals surface area contributed by atoms with Crippen LogP contribution in [0, 0.1) is 11.3 Å². The van der Waals surface area contributed by atoms with Gasteiger partial charge < -0.3 is 19.7 Å². The number of amides is 1. The summed E-state index contributed by atoms with van der Waals surface area (Å²) in [5.74, 6) is 1.04. The normalized spacial score (nSPS) is 10.2.